The van der Waals surface area contributed by atoms with Gasteiger partial charge in [-0.15, -0.1) is 0 Å². The minimum absolute atomic E-state index is 0.553. The van der Waals surface area contributed by atoms with E-state index in [-0.39, 0.29) is 0 Å². The van der Waals surface area contributed by atoms with E-state index in [1.807, 2.05) is 18.2 Å². The summed E-state index contributed by atoms with van der Waals surface area (Å²) in [6.45, 7) is 0. The lowest BCUT2D eigenvalue weighted by Gasteiger charge is -2.05. The van der Waals surface area contributed by atoms with E-state index in [1.54, 1.807) is 18.3 Å². The van der Waals surface area contributed by atoms with Crippen LogP contribution in [0.2, 0.25) is 5.02 Å². The van der Waals surface area contributed by atoms with Crippen LogP contribution in [-0.4, -0.2) is 4.98 Å². The fraction of sp³-hybridized carbons (Fsp3) is 0. The second-order valence-electron chi connectivity index (χ2n) is 3.22. The summed E-state index contributed by atoms with van der Waals surface area (Å²) in [6.07, 6.45) is 1.58. The summed E-state index contributed by atoms with van der Waals surface area (Å²) in [5, 5.41) is 0.658. The summed E-state index contributed by atoms with van der Waals surface area (Å²) in [7, 11) is 0. The fourth-order valence-corrected chi connectivity index (χ4v) is 1.57. The molecule has 0 aliphatic heterocycles. The van der Waals surface area contributed by atoms with E-state index in [1.165, 1.54) is 0 Å². The summed E-state index contributed by atoms with van der Waals surface area (Å²) in [4.78, 5) is 4.18. The Hall–Kier alpha value is -1.74. The summed E-state index contributed by atoms with van der Waals surface area (Å²) < 4.78 is 0. The maximum atomic E-state index is 5.89. The van der Waals surface area contributed by atoms with Gasteiger partial charge in [0.1, 0.15) is 0 Å². The number of rotatable bonds is 1. The Morgan fingerprint density at radius 2 is 1.93 bits per heavy atom. The number of hydrogen-bond donors (Lipinski definition) is 2. The Kier molecular flexibility index (Phi) is 2.47. The zero-order valence-corrected chi connectivity index (χ0v) is 8.70. The second kappa shape index (κ2) is 3.79. The van der Waals surface area contributed by atoms with Gasteiger partial charge in [0.05, 0.1) is 23.3 Å². The molecule has 0 spiro atoms. The Balaban J connectivity index is 2.54. The topological polar surface area (TPSA) is 64.9 Å². The average Bonchev–Trinajstić information content (AvgIpc) is 2.17. The van der Waals surface area contributed by atoms with Crippen molar-refractivity contribution in [2.45, 2.75) is 0 Å². The van der Waals surface area contributed by atoms with Gasteiger partial charge in [-0.05, 0) is 18.2 Å². The third-order valence-electron chi connectivity index (χ3n) is 2.04. The molecule has 0 amide bonds. The molecule has 4 N–H and O–H groups in total. The fourth-order valence-electron chi connectivity index (χ4n) is 1.38. The van der Waals surface area contributed by atoms with Crippen molar-refractivity contribution < 1.29 is 0 Å². The largest absolute Gasteiger partial charge is 0.397 e. The number of nitrogens with two attached hydrogens (primary N) is 2. The van der Waals surface area contributed by atoms with Crippen molar-refractivity contribution in [1.29, 1.82) is 0 Å². The third kappa shape index (κ3) is 2.02. The number of pyridine rings is 1. The van der Waals surface area contributed by atoms with Crippen LogP contribution in [0.5, 0.6) is 0 Å². The van der Waals surface area contributed by atoms with Crippen LogP contribution in [0.15, 0.2) is 36.5 Å². The summed E-state index contributed by atoms with van der Waals surface area (Å²) in [5.41, 5.74) is 14.1. The molecule has 3 nitrogen and oxygen atoms in total. The minimum Gasteiger partial charge on any atom is -0.397 e. The lowest BCUT2D eigenvalue weighted by molar-refractivity contribution is 1.33. The van der Waals surface area contributed by atoms with Gasteiger partial charge < -0.3 is 11.5 Å². The minimum atomic E-state index is 0.553. The number of aromatic nitrogens is 1. The first kappa shape index (κ1) is 9.80. The predicted molar refractivity (Wildman–Crippen MR) is 63.5 cm³/mol. The molecule has 1 aromatic carbocycles. The molecular formula is C11H10ClN3. The van der Waals surface area contributed by atoms with Gasteiger partial charge in [-0.3, -0.25) is 4.98 Å². The van der Waals surface area contributed by atoms with E-state index in [0.29, 0.717) is 22.1 Å². The first-order valence-electron chi connectivity index (χ1n) is 4.44. The highest BCUT2D eigenvalue weighted by atomic mass is 35.5. The van der Waals surface area contributed by atoms with Crippen molar-refractivity contribution >= 4 is 23.0 Å². The highest BCUT2D eigenvalue weighted by Gasteiger charge is 2.04. The van der Waals surface area contributed by atoms with E-state index < -0.39 is 0 Å². The molecule has 0 saturated heterocycles. The van der Waals surface area contributed by atoms with Crippen molar-refractivity contribution in [2.24, 2.45) is 0 Å². The van der Waals surface area contributed by atoms with Gasteiger partial charge >= 0.3 is 0 Å². The summed E-state index contributed by atoms with van der Waals surface area (Å²) >= 11 is 5.89. The summed E-state index contributed by atoms with van der Waals surface area (Å²) in [5.74, 6) is 0. The first-order valence-corrected chi connectivity index (χ1v) is 4.81. The van der Waals surface area contributed by atoms with Gasteiger partial charge in [0.25, 0.3) is 0 Å². The van der Waals surface area contributed by atoms with Crippen molar-refractivity contribution in [2.75, 3.05) is 11.5 Å². The molecule has 15 heavy (non-hydrogen) atoms. The van der Waals surface area contributed by atoms with Crippen LogP contribution < -0.4 is 11.5 Å². The van der Waals surface area contributed by atoms with Gasteiger partial charge in [0.15, 0.2) is 0 Å². The molecule has 0 radical (unpaired) electrons. The smallest absolute Gasteiger partial charge is 0.0933 e. The van der Waals surface area contributed by atoms with E-state index in [9.17, 15) is 0 Å². The van der Waals surface area contributed by atoms with E-state index in [2.05, 4.69) is 4.98 Å². The molecule has 0 unspecified atom stereocenters. The zero-order valence-electron chi connectivity index (χ0n) is 7.94. The molecule has 76 valence electrons. The number of nitrogen functional groups attached to an aromatic ring is 2. The van der Waals surface area contributed by atoms with Crippen molar-refractivity contribution in [1.82, 2.24) is 4.98 Å². The van der Waals surface area contributed by atoms with Crippen molar-refractivity contribution in [3.05, 3.63) is 41.6 Å². The van der Waals surface area contributed by atoms with Crippen LogP contribution in [0.3, 0.4) is 0 Å². The molecule has 2 aromatic rings. The molecule has 0 aliphatic rings. The van der Waals surface area contributed by atoms with Crippen LogP contribution >= 0.6 is 11.6 Å². The van der Waals surface area contributed by atoms with E-state index in [0.717, 1.165) is 5.56 Å². The number of hydrogen-bond acceptors (Lipinski definition) is 3. The SMILES string of the molecule is Nc1cnc(-c2cccc(Cl)c2)c(N)c1. The van der Waals surface area contributed by atoms with Gasteiger partial charge in [0.2, 0.25) is 0 Å². The normalized spacial score (nSPS) is 10.2. The molecular weight excluding hydrogens is 210 g/mol. The van der Waals surface area contributed by atoms with Gasteiger partial charge in [-0.25, -0.2) is 0 Å². The highest BCUT2D eigenvalue weighted by Crippen LogP contribution is 2.26. The standard InChI is InChI=1S/C11H10ClN3/c12-8-3-1-2-7(4-8)11-10(14)5-9(13)6-15-11/h1-6H,13-14H2. The van der Waals surface area contributed by atoms with Crippen molar-refractivity contribution in [3.8, 4) is 11.3 Å². The van der Waals surface area contributed by atoms with Gasteiger partial charge in [-0.2, -0.15) is 0 Å². The van der Waals surface area contributed by atoms with Crippen LogP contribution in [0.4, 0.5) is 11.4 Å². The quantitative estimate of drug-likeness (QED) is 0.775. The molecule has 4 heteroatoms. The maximum absolute atomic E-state index is 5.89. The lowest BCUT2D eigenvalue weighted by atomic mass is 10.1. The Labute approximate surface area is 92.7 Å². The average molecular weight is 220 g/mol. The first-order chi connectivity index (χ1) is 7.16. The van der Waals surface area contributed by atoms with Crippen molar-refractivity contribution in [3.63, 3.8) is 0 Å². The van der Waals surface area contributed by atoms with Crippen LogP contribution in [0.25, 0.3) is 11.3 Å². The van der Waals surface area contributed by atoms with Crippen LogP contribution in [-0.2, 0) is 0 Å². The number of nitrogens with zero attached hydrogens (tertiary/aromatic N) is 1. The molecule has 0 fully saturated rings. The zero-order chi connectivity index (χ0) is 10.8. The Bertz CT molecular complexity index is 497. The molecule has 1 heterocycles. The number of benzene rings is 1. The van der Waals surface area contributed by atoms with E-state index in [4.69, 9.17) is 23.1 Å². The van der Waals surface area contributed by atoms with E-state index >= 15 is 0 Å². The highest BCUT2D eigenvalue weighted by molar-refractivity contribution is 6.30. The number of anilines is 2. The molecule has 1 aromatic heterocycles. The molecule has 2 rings (SSSR count). The van der Waals surface area contributed by atoms with Gasteiger partial charge in [-0.1, -0.05) is 23.7 Å². The predicted octanol–water partition coefficient (Wildman–Crippen LogP) is 2.57. The monoisotopic (exact) mass is 219 g/mol. The second-order valence-corrected chi connectivity index (χ2v) is 3.65. The molecule has 0 atom stereocenters. The number of halogens is 1. The molecule has 0 saturated carbocycles. The third-order valence-corrected chi connectivity index (χ3v) is 2.27. The maximum Gasteiger partial charge on any atom is 0.0933 e. The van der Waals surface area contributed by atoms with Crippen LogP contribution in [0.1, 0.15) is 0 Å². The van der Waals surface area contributed by atoms with Crippen LogP contribution in [0, 0.1) is 0 Å². The molecule has 0 aliphatic carbocycles. The lowest BCUT2D eigenvalue weighted by Crippen LogP contribution is -1.96. The summed E-state index contributed by atoms with van der Waals surface area (Å²) in [6, 6.07) is 9.06. The Morgan fingerprint density at radius 1 is 1.13 bits per heavy atom. The molecule has 0 bridgehead atoms. The Morgan fingerprint density at radius 3 is 2.60 bits per heavy atom. The van der Waals surface area contributed by atoms with Gasteiger partial charge in [0, 0.05) is 10.6 Å².